The van der Waals surface area contributed by atoms with Gasteiger partial charge in [-0.25, -0.2) is 0 Å². The zero-order valence-corrected chi connectivity index (χ0v) is 9.06. The van der Waals surface area contributed by atoms with E-state index in [1.54, 1.807) is 12.1 Å². The van der Waals surface area contributed by atoms with Gasteiger partial charge in [-0.15, -0.1) is 0 Å². The Hall–Kier alpha value is -1.73. The lowest BCUT2D eigenvalue weighted by Gasteiger charge is -2.32. The standard InChI is InChI=1S/C12H15N3O/c13-7-9-6-10(3-4-12(9)14)15-5-1-2-11(16)8-15/h3-4,6,11,16H,1-2,5,8,14H2. The summed E-state index contributed by atoms with van der Waals surface area (Å²) in [5.41, 5.74) is 7.63. The van der Waals surface area contributed by atoms with Crippen molar-refractivity contribution in [1.82, 2.24) is 0 Å². The van der Waals surface area contributed by atoms with E-state index in [2.05, 4.69) is 11.0 Å². The number of rotatable bonds is 1. The van der Waals surface area contributed by atoms with E-state index in [0.29, 0.717) is 17.8 Å². The highest BCUT2D eigenvalue weighted by molar-refractivity contribution is 5.62. The number of nitrogens with two attached hydrogens (primary N) is 1. The average Bonchev–Trinajstić information content (AvgIpc) is 2.29. The van der Waals surface area contributed by atoms with Crippen LogP contribution in [-0.2, 0) is 0 Å². The fourth-order valence-corrected chi connectivity index (χ4v) is 2.03. The number of hydrogen-bond acceptors (Lipinski definition) is 4. The van der Waals surface area contributed by atoms with Gasteiger partial charge in [0.05, 0.1) is 11.7 Å². The molecule has 2 rings (SSSR count). The number of nitrogen functional groups attached to an aromatic ring is 1. The molecule has 0 spiro atoms. The molecule has 1 aromatic carbocycles. The second kappa shape index (κ2) is 4.42. The minimum atomic E-state index is -0.267. The summed E-state index contributed by atoms with van der Waals surface area (Å²) in [6, 6.07) is 7.50. The Labute approximate surface area is 94.9 Å². The summed E-state index contributed by atoms with van der Waals surface area (Å²) >= 11 is 0. The summed E-state index contributed by atoms with van der Waals surface area (Å²) in [6.45, 7) is 1.56. The minimum Gasteiger partial charge on any atom is -0.398 e. The molecule has 84 valence electrons. The van der Waals surface area contributed by atoms with E-state index in [0.717, 1.165) is 25.1 Å². The molecular formula is C12H15N3O. The molecule has 0 amide bonds. The lowest BCUT2D eigenvalue weighted by Crippen LogP contribution is -2.38. The number of nitrogens with zero attached hydrogens (tertiary/aromatic N) is 2. The number of β-amino-alcohol motifs (C(OH)–C–C–N with tert-alkyl or cyclic N) is 1. The van der Waals surface area contributed by atoms with E-state index >= 15 is 0 Å². The van der Waals surface area contributed by atoms with E-state index in [4.69, 9.17) is 11.0 Å². The highest BCUT2D eigenvalue weighted by Crippen LogP contribution is 2.23. The normalized spacial score (nSPS) is 20.5. The predicted molar refractivity (Wildman–Crippen MR) is 63.0 cm³/mol. The number of aliphatic hydroxyl groups excluding tert-OH is 1. The summed E-state index contributed by atoms with van der Waals surface area (Å²) in [4.78, 5) is 2.09. The fraction of sp³-hybridized carbons (Fsp3) is 0.417. The fourth-order valence-electron chi connectivity index (χ4n) is 2.03. The van der Waals surface area contributed by atoms with Gasteiger partial charge in [-0.3, -0.25) is 0 Å². The van der Waals surface area contributed by atoms with Crippen LogP contribution in [-0.4, -0.2) is 24.3 Å². The van der Waals surface area contributed by atoms with Crippen LogP contribution in [0.25, 0.3) is 0 Å². The molecule has 0 radical (unpaired) electrons. The molecule has 16 heavy (non-hydrogen) atoms. The van der Waals surface area contributed by atoms with Crippen molar-refractivity contribution in [2.75, 3.05) is 23.7 Å². The Bertz CT molecular complexity index is 425. The number of hydrogen-bond donors (Lipinski definition) is 2. The van der Waals surface area contributed by atoms with Gasteiger partial charge in [0.1, 0.15) is 6.07 Å². The van der Waals surface area contributed by atoms with Gasteiger partial charge in [-0.2, -0.15) is 5.26 Å². The molecule has 1 unspecified atom stereocenters. The first-order valence-corrected chi connectivity index (χ1v) is 5.43. The summed E-state index contributed by atoms with van der Waals surface area (Å²) in [6.07, 6.45) is 1.57. The second-order valence-corrected chi connectivity index (χ2v) is 4.13. The molecule has 1 atom stereocenters. The van der Waals surface area contributed by atoms with Crippen molar-refractivity contribution in [2.45, 2.75) is 18.9 Å². The summed E-state index contributed by atoms with van der Waals surface area (Å²) in [5.74, 6) is 0. The van der Waals surface area contributed by atoms with Gasteiger partial charge >= 0.3 is 0 Å². The number of benzene rings is 1. The lowest BCUT2D eigenvalue weighted by atomic mass is 10.1. The third-order valence-corrected chi connectivity index (χ3v) is 2.92. The minimum absolute atomic E-state index is 0.267. The number of nitriles is 1. The summed E-state index contributed by atoms with van der Waals surface area (Å²) < 4.78 is 0. The molecule has 1 aromatic rings. The molecule has 0 aromatic heterocycles. The first-order valence-electron chi connectivity index (χ1n) is 5.43. The van der Waals surface area contributed by atoms with Crippen molar-refractivity contribution >= 4 is 11.4 Å². The number of anilines is 2. The monoisotopic (exact) mass is 217 g/mol. The van der Waals surface area contributed by atoms with Gasteiger partial charge in [0.15, 0.2) is 0 Å². The van der Waals surface area contributed by atoms with E-state index in [1.807, 2.05) is 6.07 Å². The molecule has 0 aliphatic carbocycles. The van der Waals surface area contributed by atoms with Gasteiger partial charge in [-0.1, -0.05) is 0 Å². The van der Waals surface area contributed by atoms with Crippen molar-refractivity contribution in [1.29, 1.82) is 5.26 Å². The molecule has 1 fully saturated rings. The maximum absolute atomic E-state index is 9.59. The van der Waals surface area contributed by atoms with Gasteiger partial charge in [0.2, 0.25) is 0 Å². The molecule has 0 saturated carbocycles. The molecule has 1 saturated heterocycles. The molecule has 3 N–H and O–H groups in total. The predicted octanol–water partition coefficient (Wildman–Crippen LogP) is 1.10. The maximum atomic E-state index is 9.59. The average molecular weight is 217 g/mol. The van der Waals surface area contributed by atoms with Crippen molar-refractivity contribution in [2.24, 2.45) is 0 Å². The molecule has 1 aliphatic rings. The van der Waals surface area contributed by atoms with Gasteiger partial charge in [0.25, 0.3) is 0 Å². The van der Waals surface area contributed by atoms with Crippen LogP contribution in [0.15, 0.2) is 18.2 Å². The Morgan fingerprint density at radius 1 is 1.50 bits per heavy atom. The van der Waals surface area contributed by atoms with E-state index in [9.17, 15) is 5.11 Å². The van der Waals surface area contributed by atoms with Crippen molar-refractivity contribution < 1.29 is 5.11 Å². The quantitative estimate of drug-likeness (QED) is 0.691. The topological polar surface area (TPSA) is 73.3 Å². The zero-order chi connectivity index (χ0) is 11.5. The van der Waals surface area contributed by atoms with Crippen LogP contribution in [0.1, 0.15) is 18.4 Å². The number of piperidine rings is 1. The third kappa shape index (κ3) is 2.10. The third-order valence-electron chi connectivity index (χ3n) is 2.92. The van der Waals surface area contributed by atoms with E-state index < -0.39 is 0 Å². The largest absolute Gasteiger partial charge is 0.398 e. The first kappa shape index (κ1) is 10.8. The first-order chi connectivity index (χ1) is 7.70. The second-order valence-electron chi connectivity index (χ2n) is 4.13. The van der Waals surface area contributed by atoms with Crippen LogP contribution in [0, 0.1) is 11.3 Å². The Morgan fingerprint density at radius 3 is 3.00 bits per heavy atom. The molecular weight excluding hydrogens is 202 g/mol. The Kier molecular flexibility index (Phi) is 2.97. The molecule has 1 aliphatic heterocycles. The van der Waals surface area contributed by atoms with Gasteiger partial charge < -0.3 is 15.7 Å². The SMILES string of the molecule is N#Cc1cc(N2CCCC(O)C2)ccc1N. The van der Waals surface area contributed by atoms with E-state index in [-0.39, 0.29) is 6.10 Å². The smallest absolute Gasteiger partial charge is 0.101 e. The van der Waals surface area contributed by atoms with Crippen molar-refractivity contribution in [3.05, 3.63) is 23.8 Å². The summed E-state index contributed by atoms with van der Waals surface area (Å²) in [5, 5.41) is 18.5. The lowest BCUT2D eigenvalue weighted by molar-refractivity contribution is 0.154. The van der Waals surface area contributed by atoms with Crippen LogP contribution < -0.4 is 10.6 Å². The highest BCUT2D eigenvalue weighted by Gasteiger charge is 2.18. The molecule has 0 bridgehead atoms. The maximum Gasteiger partial charge on any atom is 0.101 e. The molecule has 4 heteroatoms. The van der Waals surface area contributed by atoms with Gasteiger partial charge in [0, 0.05) is 24.5 Å². The van der Waals surface area contributed by atoms with Crippen LogP contribution in [0.2, 0.25) is 0 Å². The van der Waals surface area contributed by atoms with Crippen LogP contribution in [0.5, 0.6) is 0 Å². The molecule has 1 heterocycles. The Balaban J connectivity index is 2.24. The number of aliphatic hydroxyl groups is 1. The van der Waals surface area contributed by atoms with Crippen LogP contribution in [0.3, 0.4) is 0 Å². The van der Waals surface area contributed by atoms with Crippen molar-refractivity contribution in [3.63, 3.8) is 0 Å². The highest BCUT2D eigenvalue weighted by atomic mass is 16.3. The van der Waals surface area contributed by atoms with Gasteiger partial charge in [-0.05, 0) is 31.0 Å². The summed E-state index contributed by atoms with van der Waals surface area (Å²) in [7, 11) is 0. The van der Waals surface area contributed by atoms with E-state index in [1.165, 1.54) is 0 Å². The zero-order valence-electron chi connectivity index (χ0n) is 9.06. The Morgan fingerprint density at radius 2 is 2.31 bits per heavy atom. The van der Waals surface area contributed by atoms with Crippen molar-refractivity contribution in [3.8, 4) is 6.07 Å². The van der Waals surface area contributed by atoms with Crippen LogP contribution in [0.4, 0.5) is 11.4 Å². The van der Waals surface area contributed by atoms with Crippen LogP contribution >= 0.6 is 0 Å². The molecule has 4 nitrogen and oxygen atoms in total.